The van der Waals surface area contributed by atoms with E-state index in [-0.39, 0.29) is 18.3 Å². The van der Waals surface area contributed by atoms with Gasteiger partial charge in [-0.3, -0.25) is 4.79 Å². The fourth-order valence-electron chi connectivity index (χ4n) is 2.46. The highest BCUT2D eigenvalue weighted by molar-refractivity contribution is 5.69. The molecule has 0 unspecified atom stereocenters. The largest absolute Gasteiger partial charge is 0.462 e. The van der Waals surface area contributed by atoms with E-state index in [1.54, 1.807) is 36.4 Å². The molecule has 5 N–H and O–H groups in total. The fourth-order valence-corrected chi connectivity index (χ4v) is 2.46. The van der Waals surface area contributed by atoms with Crippen LogP contribution in [0.3, 0.4) is 0 Å². The molecule has 9 nitrogen and oxygen atoms in total. The number of ether oxygens (including phenoxy) is 3. The summed E-state index contributed by atoms with van der Waals surface area (Å²) < 4.78 is 15.0. The molecule has 9 heteroatoms. The van der Waals surface area contributed by atoms with Crippen molar-refractivity contribution in [3.63, 3.8) is 0 Å². The molecule has 1 aliphatic heterocycles. The maximum Gasteiger partial charge on any atom is 0.308 e. The van der Waals surface area contributed by atoms with E-state index < -0.39 is 30.9 Å². The third kappa shape index (κ3) is 6.50. The van der Waals surface area contributed by atoms with Crippen LogP contribution in [0.15, 0.2) is 54.6 Å². The van der Waals surface area contributed by atoms with Gasteiger partial charge in [-0.2, -0.15) is 0 Å². The quantitative estimate of drug-likeness (QED) is 0.346. The van der Waals surface area contributed by atoms with Crippen molar-refractivity contribution in [2.45, 2.75) is 44.4 Å². The maximum absolute atomic E-state index is 10.4. The first-order valence-corrected chi connectivity index (χ1v) is 8.80. The molecule has 29 heavy (non-hydrogen) atoms. The Hall–Kier alpha value is -2.53. The molecule has 0 bridgehead atoms. The van der Waals surface area contributed by atoms with Gasteiger partial charge in [-0.25, -0.2) is 0 Å². The summed E-state index contributed by atoms with van der Waals surface area (Å²) in [6.07, 6.45) is -7.73. The third-order valence-corrected chi connectivity index (χ3v) is 3.94. The minimum atomic E-state index is -1.66. The van der Waals surface area contributed by atoms with Crippen LogP contribution in [0.25, 0.3) is 0 Å². The highest BCUT2D eigenvalue weighted by Gasteiger charge is 2.44. The molecular formula is C20H24O9. The van der Waals surface area contributed by atoms with Crippen LogP contribution in [-0.4, -0.2) is 62.4 Å². The van der Waals surface area contributed by atoms with Crippen LogP contribution in [-0.2, 0) is 16.1 Å². The van der Waals surface area contributed by atoms with Crippen LogP contribution in [0, 0.1) is 0 Å². The summed E-state index contributed by atoms with van der Waals surface area (Å²) in [5.41, 5.74) is 0.466. The van der Waals surface area contributed by atoms with E-state index in [0.29, 0.717) is 11.3 Å². The van der Waals surface area contributed by atoms with Gasteiger partial charge in [-0.1, -0.05) is 36.4 Å². The molecule has 0 aliphatic carbocycles. The Balaban J connectivity index is 0.000000253. The zero-order valence-electron chi connectivity index (χ0n) is 15.7. The number of carbonyl (C=O) groups excluding carboxylic acids is 1. The van der Waals surface area contributed by atoms with Crippen molar-refractivity contribution in [3.8, 4) is 11.5 Å². The van der Waals surface area contributed by atoms with E-state index in [4.69, 9.17) is 19.3 Å². The molecule has 158 valence electrons. The first-order chi connectivity index (χ1) is 13.8. The van der Waals surface area contributed by atoms with Crippen LogP contribution in [0.5, 0.6) is 11.5 Å². The number of aliphatic hydroxyl groups is 5. The lowest BCUT2D eigenvalue weighted by atomic mass is 10.0. The molecule has 3 rings (SSSR count). The Morgan fingerprint density at radius 2 is 1.55 bits per heavy atom. The fraction of sp³-hybridized carbons (Fsp3) is 0.350. The lowest BCUT2D eigenvalue weighted by molar-refractivity contribution is -0.321. The topological polar surface area (TPSA) is 146 Å². The highest BCUT2D eigenvalue weighted by atomic mass is 16.7. The van der Waals surface area contributed by atoms with Gasteiger partial charge in [0.25, 0.3) is 0 Å². The van der Waals surface area contributed by atoms with Crippen molar-refractivity contribution < 1.29 is 44.5 Å². The minimum Gasteiger partial charge on any atom is -0.462 e. The Morgan fingerprint density at radius 1 is 0.931 bits per heavy atom. The number of esters is 1. The monoisotopic (exact) mass is 408 g/mol. The molecule has 0 aromatic heterocycles. The predicted molar refractivity (Wildman–Crippen MR) is 99.6 cm³/mol. The number of para-hydroxylation sites is 2. The molecule has 5 atom stereocenters. The number of carbonyl (C=O) groups is 1. The summed E-state index contributed by atoms with van der Waals surface area (Å²) in [7, 11) is 0. The van der Waals surface area contributed by atoms with E-state index in [0.717, 1.165) is 0 Å². The van der Waals surface area contributed by atoms with E-state index in [2.05, 4.69) is 0 Å². The third-order valence-electron chi connectivity index (χ3n) is 3.94. The molecule has 0 amide bonds. The number of rotatable bonds is 4. The van der Waals surface area contributed by atoms with E-state index in [1.165, 1.54) is 6.92 Å². The van der Waals surface area contributed by atoms with Gasteiger partial charge in [-0.15, -0.1) is 0 Å². The SMILES string of the molecule is CC(=O)Oc1ccccc1.OCc1ccccc1O[C@@H]1O[C@H](O)[C@@H](O)[C@H](O)[C@H]1O. The summed E-state index contributed by atoms with van der Waals surface area (Å²) in [6, 6.07) is 15.5. The summed E-state index contributed by atoms with van der Waals surface area (Å²) in [5.74, 6) is 0.561. The van der Waals surface area contributed by atoms with Crippen molar-refractivity contribution in [1.29, 1.82) is 0 Å². The molecule has 1 heterocycles. The molecule has 0 radical (unpaired) electrons. The Morgan fingerprint density at radius 3 is 2.17 bits per heavy atom. The van der Waals surface area contributed by atoms with Crippen LogP contribution in [0.1, 0.15) is 12.5 Å². The second-order valence-electron chi connectivity index (χ2n) is 6.16. The summed E-state index contributed by atoms with van der Waals surface area (Å²) in [6.45, 7) is 1.11. The maximum atomic E-state index is 10.4. The van der Waals surface area contributed by atoms with Crippen LogP contribution >= 0.6 is 0 Å². The van der Waals surface area contributed by atoms with Crippen molar-refractivity contribution in [3.05, 3.63) is 60.2 Å². The second kappa shape index (κ2) is 10.9. The molecule has 1 aliphatic rings. The van der Waals surface area contributed by atoms with Crippen molar-refractivity contribution in [2.75, 3.05) is 0 Å². The molecule has 0 saturated carbocycles. The summed E-state index contributed by atoms with van der Waals surface area (Å²) in [4.78, 5) is 10.4. The van der Waals surface area contributed by atoms with Gasteiger partial charge in [0.05, 0.1) is 6.61 Å². The molecule has 2 aromatic carbocycles. The lowest BCUT2D eigenvalue weighted by Gasteiger charge is -2.38. The van der Waals surface area contributed by atoms with Gasteiger partial charge in [0.2, 0.25) is 6.29 Å². The standard InChI is InChI=1S/C12H16O7.C8H8O2/c13-5-6-3-1-2-4-7(6)18-12-10(16)8(14)9(15)11(17)19-12;1-7(9)10-8-5-3-2-4-6-8/h1-4,8-17H,5H2;2-6H,1H3/t8-,9-,10+,11-,12+;/m0./s1. The lowest BCUT2D eigenvalue weighted by Crippen LogP contribution is -2.59. The number of benzene rings is 2. The summed E-state index contributed by atoms with van der Waals surface area (Å²) >= 11 is 0. The van der Waals surface area contributed by atoms with Crippen LogP contribution in [0.4, 0.5) is 0 Å². The number of hydrogen-bond donors (Lipinski definition) is 5. The first kappa shape index (κ1) is 22.8. The number of hydrogen-bond acceptors (Lipinski definition) is 9. The van der Waals surface area contributed by atoms with Gasteiger partial charge in [0.1, 0.15) is 29.8 Å². The zero-order chi connectivity index (χ0) is 21.4. The van der Waals surface area contributed by atoms with Crippen LogP contribution < -0.4 is 9.47 Å². The Labute approximate surface area is 167 Å². The second-order valence-corrected chi connectivity index (χ2v) is 6.16. The molecule has 1 fully saturated rings. The van der Waals surface area contributed by atoms with Gasteiger partial charge in [0.15, 0.2) is 6.29 Å². The average molecular weight is 408 g/mol. The Bertz CT molecular complexity index is 768. The summed E-state index contributed by atoms with van der Waals surface area (Å²) in [5, 5.41) is 47.1. The van der Waals surface area contributed by atoms with Gasteiger partial charge in [0, 0.05) is 12.5 Å². The molecule has 2 aromatic rings. The molecule has 1 saturated heterocycles. The van der Waals surface area contributed by atoms with Crippen molar-refractivity contribution in [2.24, 2.45) is 0 Å². The van der Waals surface area contributed by atoms with Crippen LogP contribution in [0.2, 0.25) is 0 Å². The predicted octanol–water partition coefficient (Wildman–Crippen LogP) is -0.0730. The minimum absolute atomic E-state index is 0.254. The van der Waals surface area contributed by atoms with E-state index in [1.807, 2.05) is 18.2 Å². The van der Waals surface area contributed by atoms with Crippen molar-refractivity contribution >= 4 is 5.97 Å². The Kier molecular flexibility index (Phi) is 8.52. The smallest absolute Gasteiger partial charge is 0.308 e. The molecular weight excluding hydrogens is 384 g/mol. The number of aliphatic hydroxyl groups excluding tert-OH is 5. The van der Waals surface area contributed by atoms with Crippen molar-refractivity contribution in [1.82, 2.24) is 0 Å². The highest BCUT2D eigenvalue weighted by Crippen LogP contribution is 2.25. The first-order valence-electron chi connectivity index (χ1n) is 8.80. The average Bonchev–Trinajstić information content (AvgIpc) is 2.71. The van der Waals surface area contributed by atoms with E-state index >= 15 is 0 Å². The van der Waals surface area contributed by atoms with Gasteiger partial charge in [-0.05, 0) is 18.2 Å². The van der Waals surface area contributed by atoms with E-state index in [9.17, 15) is 25.2 Å². The zero-order valence-corrected chi connectivity index (χ0v) is 15.7. The normalized spacial score (nSPS) is 26.1. The molecule has 0 spiro atoms. The van der Waals surface area contributed by atoms with Gasteiger partial charge >= 0.3 is 5.97 Å². The van der Waals surface area contributed by atoms with Gasteiger partial charge < -0.3 is 39.7 Å².